The molecule has 0 aliphatic heterocycles. The molecule has 0 heterocycles. The summed E-state index contributed by atoms with van der Waals surface area (Å²) in [5, 5.41) is 0. The largest absolute Gasteiger partial charge is 0.494 e. The average molecular weight is 231 g/mol. The molecule has 0 fully saturated rings. The number of benzene rings is 1. The summed E-state index contributed by atoms with van der Waals surface area (Å²) in [5.41, 5.74) is 0.0124. The minimum absolute atomic E-state index is 0.0124. The maximum Gasteiger partial charge on any atom is 0.201 e. The van der Waals surface area contributed by atoms with Crippen molar-refractivity contribution in [2.24, 2.45) is 0 Å². The van der Waals surface area contributed by atoms with Crippen LogP contribution in [0.15, 0.2) is 12.1 Å². The van der Waals surface area contributed by atoms with Crippen LogP contribution < -0.4 is 4.74 Å². The van der Waals surface area contributed by atoms with Crippen molar-refractivity contribution in [3.05, 3.63) is 29.3 Å². The van der Waals surface area contributed by atoms with Gasteiger partial charge in [-0.1, -0.05) is 11.8 Å². The number of ether oxygens (including phenoxy) is 1. The number of rotatable bonds is 2. The molecule has 0 aromatic heterocycles. The van der Waals surface area contributed by atoms with Gasteiger partial charge < -0.3 is 4.74 Å². The fourth-order valence-corrected chi connectivity index (χ4v) is 1.09. The number of methoxy groups -OCH3 is 1. The minimum Gasteiger partial charge on any atom is -0.494 e. The molecule has 15 heavy (non-hydrogen) atoms. The van der Waals surface area contributed by atoms with Crippen molar-refractivity contribution in [3.8, 4) is 17.6 Å². The standard InChI is InChI=1S/C11H9ClF2O/c1-15-9-6-5-8(4-2-3-7-12)10(13)11(9)14/h5-6H,3,7H2,1H3. The normalized spacial score (nSPS) is 9.33. The lowest BCUT2D eigenvalue weighted by atomic mass is 10.2. The van der Waals surface area contributed by atoms with E-state index in [0.29, 0.717) is 12.3 Å². The van der Waals surface area contributed by atoms with Crippen LogP contribution in [0.1, 0.15) is 12.0 Å². The fourth-order valence-electron chi connectivity index (χ4n) is 0.991. The van der Waals surface area contributed by atoms with Crippen molar-refractivity contribution in [2.45, 2.75) is 6.42 Å². The number of halogens is 3. The Bertz CT molecular complexity index is 407. The van der Waals surface area contributed by atoms with Crippen LogP contribution in [0.25, 0.3) is 0 Å². The first-order valence-electron chi connectivity index (χ1n) is 4.27. The van der Waals surface area contributed by atoms with Crippen LogP contribution in [0.4, 0.5) is 8.78 Å². The Kier molecular flexibility index (Phi) is 4.38. The molecule has 0 unspecified atom stereocenters. The quantitative estimate of drug-likeness (QED) is 0.561. The first kappa shape index (κ1) is 11.8. The van der Waals surface area contributed by atoms with E-state index >= 15 is 0 Å². The zero-order valence-corrected chi connectivity index (χ0v) is 8.87. The Balaban J connectivity index is 3.03. The number of hydrogen-bond acceptors (Lipinski definition) is 1. The van der Waals surface area contributed by atoms with E-state index in [1.54, 1.807) is 0 Å². The number of hydrogen-bond donors (Lipinski definition) is 0. The lowest BCUT2D eigenvalue weighted by Gasteiger charge is -2.02. The molecule has 0 spiro atoms. The Morgan fingerprint density at radius 1 is 1.33 bits per heavy atom. The maximum absolute atomic E-state index is 13.3. The van der Waals surface area contributed by atoms with Crippen LogP contribution in [0, 0.1) is 23.5 Å². The molecule has 0 aliphatic rings. The molecule has 80 valence electrons. The molecule has 1 aromatic carbocycles. The SMILES string of the molecule is COc1ccc(C#CCCCl)c(F)c1F. The molecule has 4 heteroatoms. The average Bonchev–Trinajstić information content (AvgIpc) is 2.25. The second-order valence-corrected chi connectivity index (χ2v) is 3.06. The predicted octanol–water partition coefficient (Wildman–Crippen LogP) is 2.95. The maximum atomic E-state index is 13.3. The Morgan fingerprint density at radius 2 is 2.07 bits per heavy atom. The van der Waals surface area contributed by atoms with Crippen LogP contribution in [0.5, 0.6) is 5.75 Å². The summed E-state index contributed by atoms with van der Waals surface area (Å²) >= 11 is 5.40. The van der Waals surface area contributed by atoms with Gasteiger partial charge in [-0.2, -0.15) is 4.39 Å². The first-order chi connectivity index (χ1) is 7.20. The van der Waals surface area contributed by atoms with Crippen molar-refractivity contribution in [1.29, 1.82) is 0 Å². The topological polar surface area (TPSA) is 9.23 Å². The molecule has 0 N–H and O–H groups in total. The monoisotopic (exact) mass is 230 g/mol. The molecule has 0 atom stereocenters. The van der Waals surface area contributed by atoms with E-state index in [4.69, 9.17) is 11.6 Å². The van der Waals surface area contributed by atoms with Gasteiger partial charge in [-0.05, 0) is 12.1 Å². The summed E-state index contributed by atoms with van der Waals surface area (Å²) in [6, 6.07) is 2.71. The fraction of sp³-hybridized carbons (Fsp3) is 0.273. The molecule has 0 aliphatic carbocycles. The molecule has 0 radical (unpaired) electrons. The van der Waals surface area contributed by atoms with Gasteiger partial charge in [0.05, 0.1) is 12.7 Å². The van der Waals surface area contributed by atoms with Gasteiger partial charge >= 0.3 is 0 Å². The first-order valence-corrected chi connectivity index (χ1v) is 4.81. The third-order valence-electron chi connectivity index (χ3n) is 1.71. The van der Waals surface area contributed by atoms with Gasteiger partial charge in [0, 0.05) is 12.3 Å². The Hall–Kier alpha value is -1.27. The van der Waals surface area contributed by atoms with Crippen molar-refractivity contribution in [2.75, 3.05) is 13.0 Å². The van der Waals surface area contributed by atoms with Crippen molar-refractivity contribution in [1.82, 2.24) is 0 Å². The molecule has 0 saturated carbocycles. The number of alkyl halides is 1. The van der Waals surface area contributed by atoms with Crippen molar-refractivity contribution in [3.63, 3.8) is 0 Å². The lowest BCUT2D eigenvalue weighted by Crippen LogP contribution is -1.94. The van der Waals surface area contributed by atoms with E-state index in [9.17, 15) is 8.78 Å². The van der Waals surface area contributed by atoms with Crippen LogP contribution in [0.2, 0.25) is 0 Å². The van der Waals surface area contributed by atoms with E-state index in [0.717, 1.165) is 0 Å². The molecule has 0 saturated heterocycles. The van der Waals surface area contributed by atoms with Gasteiger partial charge in [0.2, 0.25) is 5.82 Å². The van der Waals surface area contributed by atoms with Gasteiger partial charge in [0.1, 0.15) is 0 Å². The highest BCUT2D eigenvalue weighted by molar-refractivity contribution is 6.18. The lowest BCUT2D eigenvalue weighted by molar-refractivity contribution is 0.371. The third-order valence-corrected chi connectivity index (χ3v) is 1.90. The highest BCUT2D eigenvalue weighted by atomic mass is 35.5. The molecule has 1 aromatic rings. The minimum atomic E-state index is -1.02. The summed E-state index contributed by atoms with van der Waals surface area (Å²) in [7, 11) is 1.27. The van der Waals surface area contributed by atoms with Crippen LogP contribution in [0.3, 0.4) is 0 Å². The third kappa shape index (κ3) is 2.84. The van der Waals surface area contributed by atoms with E-state index in [-0.39, 0.29) is 11.3 Å². The van der Waals surface area contributed by atoms with Gasteiger partial charge in [0.25, 0.3) is 0 Å². The zero-order valence-electron chi connectivity index (χ0n) is 8.11. The van der Waals surface area contributed by atoms with Gasteiger partial charge in [-0.3, -0.25) is 0 Å². The van der Waals surface area contributed by atoms with Gasteiger partial charge in [-0.25, -0.2) is 4.39 Å². The van der Waals surface area contributed by atoms with E-state index in [1.807, 2.05) is 0 Å². The predicted molar refractivity (Wildman–Crippen MR) is 55.1 cm³/mol. The summed E-state index contributed by atoms with van der Waals surface area (Å²) in [5.74, 6) is 3.36. The van der Waals surface area contributed by atoms with Crippen LogP contribution >= 0.6 is 11.6 Å². The second-order valence-electron chi connectivity index (χ2n) is 2.68. The Labute approximate surface area is 92.0 Å². The van der Waals surface area contributed by atoms with Crippen molar-refractivity contribution >= 4 is 11.6 Å². The molecule has 1 rings (SSSR count). The molecular weight excluding hydrogens is 222 g/mol. The molecular formula is C11H9ClF2O. The highest BCUT2D eigenvalue weighted by Crippen LogP contribution is 2.21. The zero-order chi connectivity index (χ0) is 11.3. The van der Waals surface area contributed by atoms with Gasteiger partial charge in [0.15, 0.2) is 11.6 Å². The van der Waals surface area contributed by atoms with Crippen molar-refractivity contribution < 1.29 is 13.5 Å². The molecule has 1 nitrogen and oxygen atoms in total. The highest BCUT2D eigenvalue weighted by Gasteiger charge is 2.11. The second kappa shape index (κ2) is 5.57. The Morgan fingerprint density at radius 3 is 2.67 bits per heavy atom. The van der Waals surface area contributed by atoms with Gasteiger partial charge in [-0.15, -0.1) is 11.6 Å². The summed E-state index contributed by atoms with van der Waals surface area (Å²) in [4.78, 5) is 0. The van der Waals surface area contributed by atoms with E-state index in [1.165, 1.54) is 19.2 Å². The summed E-state index contributed by atoms with van der Waals surface area (Å²) in [6.45, 7) is 0. The molecule has 0 bridgehead atoms. The summed E-state index contributed by atoms with van der Waals surface area (Å²) < 4.78 is 31.1. The van der Waals surface area contributed by atoms with Crippen LogP contribution in [-0.2, 0) is 0 Å². The van der Waals surface area contributed by atoms with E-state index < -0.39 is 11.6 Å². The smallest absolute Gasteiger partial charge is 0.201 e. The van der Waals surface area contributed by atoms with E-state index in [2.05, 4.69) is 16.6 Å². The molecule has 0 amide bonds. The van der Waals surface area contributed by atoms with Crippen LogP contribution in [-0.4, -0.2) is 13.0 Å². The summed E-state index contributed by atoms with van der Waals surface area (Å²) in [6.07, 6.45) is 0.439.